The number of alkyl halides is 6. The maximum Gasteiger partial charge on any atom is 0.416 e. The summed E-state index contributed by atoms with van der Waals surface area (Å²) >= 11 is 0. The molecule has 2 nitrogen and oxygen atoms in total. The number of nitrogens with zero attached hydrogens (tertiary/aromatic N) is 1. The summed E-state index contributed by atoms with van der Waals surface area (Å²) in [6, 6.07) is 9.56. The molecule has 3 aromatic rings. The number of halogens is 6. The summed E-state index contributed by atoms with van der Waals surface area (Å²) in [5, 5.41) is 0.826. The van der Waals surface area contributed by atoms with Crippen LogP contribution in [0, 0.1) is 10.8 Å². The van der Waals surface area contributed by atoms with Crippen LogP contribution < -0.4 is 0 Å². The molecule has 1 N–H and O–H groups in total. The van der Waals surface area contributed by atoms with Gasteiger partial charge in [0.2, 0.25) is 0 Å². The molecule has 1 saturated carbocycles. The summed E-state index contributed by atoms with van der Waals surface area (Å²) in [6.07, 6.45) is -5.89. The first kappa shape index (κ1) is 25.2. The van der Waals surface area contributed by atoms with Gasteiger partial charge in [-0.1, -0.05) is 39.0 Å². The van der Waals surface area contributed by atoms with Crippen LogP contribution >= 0.6 is 0 Å². The summed E-state index contributed by atoms with van der Waals surface area (Å²) in [5.41, 5.74) is -0.452. The molecule has 2 fully saturated rings. The molecule has 1 aliphatic carbocycles. The van der Waals surface area contributed by atoms with Crippen molar-refractivity contribution in [2.24, 2.45) is 10.8 Å². The Bertz CT molecular complexity index is 1250. The quantitative estimate of drug-likeness (QED) is 0.351. The lowest BCUT2D eigenvalue weighted by molar-refractivity contribution is -0.143. The van der Waals surface area contributed by atoms with E-state index in [2.05, 4.69) is 30.7 Å². The smallest absolute Gasteiger partial charge is 0.354 e. The Hall–Kier alpha value is -2.48. The number of fused-ring (bicyclic) bond motifs is 3. The maximum absolute atomic E-state index is 13.5. The lowest BCUT2D eigenvalue weighted by Gasteiger charge is -2.40. The first-order chi connectivity index (χ1) is 16.6. The fourth-order valence-electron chi connectivity index (χ4n) is 6.90. The fourth-order valence-corrected chi connectivity index (χ4v) is 6.90. The molecule has 1 saturated heterocycles. The van der Waals surface area contributed by atoms with Crippen LogP contribution in [0.4, 0.5) is 26.3 Å². The molecule has 2 unspecified atom stereocenters. The zero-order chi connectivity index (χ0) is 26.1. The average Bonchev–Trinajstić information content (AvgIpc) is 3.23. The zero-order valence-electron chi connectivity index (χ0n) is 20.6. The SMILES string of the molecule is CC1(C)CC2CC(C)(CN2CCc2c(-c3cc(C(F)(F)F)cc(C(F)(F)F)c3)[nH]c3ccccc23)C1. The van der Waals surface area contributed by atoms with Crippen molar-refractivity contribution in [3.63, 3.8) is 0 Å². The van der Waals surface area contributed by atoms with Gasteiger partial charge < -0.3 is 4.98 Å². The van der Waals surface area contributed by atoms with E-state index in [-0.39, 0.29) is 22.5 Å². The minimum atomic E-state index is -4.89. The fraction of sp³-hybridized carbons (Fsp3) is 0.500. The Morgan fingerprint density at radius 1 is 0.917 bits per heavy atom. The van der Waals surface area contributed by atoms with Crippen LogP contribution in [0.5, 0.6) is 0 Å². The van der Waals surface area contributed by atoms with E-state index in [0.29, 0.717) is 30.2 Å². The van der Waals surface area contributed by atoms with Crippen LogP contribution in [0.15, 0.2) is 42.5 Å². The van der Waals surface area contributed by atoms with Crippen LogP contribution in [0.1, 0.15) is 56.7 Å². The number of hydrogen-bond acceptors (Lipinski definition) is 1. The summed E-state index contributed by atoms with van der Waals surface area (Å²) in [7, 11) is 0. The highest BCUT2D eigenvalue weighted by molar-refractivity contribution is 5.91. The Labute approximate surface area is 206 Å². The lowest BCUT2D eigenvalue weighted by Crippen LogP contribution is -2.35. The Morgan fingerprint density at radius 2 is 1.56 bits per heavy atom. The van der Waals surface area contributed by atoms with Gasteiger partial charge >= 0.3 is 12.4 Å². The van der Waals surface area contributed by atoms with Gasteiger partial charge in [0.25, 0.3) is 0 Å². The molecule has 0 amide bonds. The van der Waals surface area contributed by atoms with E-state index < -0.39 is 23.5 Å². The molecular weight excluding hydrogens is 478 g/mol. The topological polar surface area (TPSA) is 19.0 Å². The molecule has 2 aliphatic rings. The van der Waals surface area contributed by atoms with Gasteiger partial charge in [0.15, 0.2) is 0 Å². The molecule has 2 aromatic carbocycles. The Balaban J connectivity index is 1.54. The first-order valence-corrected chi connectivity index (χ1v) is 12.3. The number of benzene rings is 2. The summed E-state index contributed by atoms with van der Waals surface area (Å²) in [4.78, 5) is 5.59. The monoisotopic (exact) mass is 508 g/mol. The van der Waals surface area contributed by atoms with Crippen LogP contribution in [-0.4, -0.2) is 29.0 Å². The van der Waals surface area contributed by atoms with Gasteiger partial charge in [0.05, 0.1) is 11.1 Å². The minimum Gasteiger partial charge on any atom is -0.354 e. The molecule has 1 aliphatic heterocycles. The standard InChI is InChI=1S/C28H30F6N2/c1-25(2)13-20-14-26(3,15-25)16-36(20)9-8-22-21-6-4-5-7-23(21)35-24(22)17-10-18(27(29,30)31)12-19(11-17)28(32,33)34/h4-7,10-12,20,35H,8-9,13-16H2,1-3H3. The van der Waals surface area contributed by atoms with Gasteiger partial charge in [0, 0.05) is 35.7 Å². The number of hydrogen-bond donors (Lipinski definition) is 1. The first-order valence-electron chi connectivity index (χ1n) is 12.3. The highest BCUT2D eigenvalue weighted by atomic mass is 19.4. The molecule has 36 heavy (non-hydrogen) atoms. The van der Waals surface area contributed by atoms with Crippen LogP contribution in [0.25, 0.3) is 22.2 Å². The van der Waals surface area contributed by atoms with E-state index in [4.69, 9.17) is 0 Å². The van der Waals surface area contributed by atoms with Gasteiger partial charge in [0.1, 0.15) is 0 Å². The number of rotatable bonds is 4. The van der Waals surface area contributed by atoms with E-state index in [1.807, 2.05) is 12.1 Å². The number of likely N-dealkylation sites (tertiary alicyclic amines) is 1. The van der Waals surface area contributed by atoms with Crippen molar-refractivity contribution in [3.05, 3.63) is 59.2 Å². The predicted octanol–water partition coefficient (Wildman–Crippen LogP) is 8.32. The molecule has 194 valence electrons. The number of aromatic amines is 1. The molecule has 5 rings (SSSR count). The number of aromatic nitrogens is 1. The highest BCUT2D eigenvalue weighted by Crippen LogP contribution is 2.52. The molecular formula is C28H30F6N2. The lowest BCUT2D eigenvalue weighted by atomic mass is 9.65. The third-order valence-corrected chi connectivity index (χ3v) is 7.86. The Kier molecular flexibility index (Phi) is 5.78. The van der Waals surface area contributed by atoms with Crippen LogP contribution in [0.2, 0.25) is 0 Å². The van der Waals surface area contributed by atoms with E-state index in [9.17, 15) is 26.3 Å². The van der Waals surface area contributed by atoms with Crippen molar-refractivity contribution in [3.8, 4) is 11.3 Å². The molecule has 0 radical (unpaired) electrons. The second-order valence-electron chi connectivity index (χ2n) is 11.8. The number of H-pyrrole nitrogens is 1. The van der Waals surface area contributed by atoms with Crippen LogP contribution in [-0.2, 0) is 18.8 Å². The third kappa shape index (κ3) is 4.76. The minimum absolute atomic E-state index is 0.100. The van der Waals surface area contributed by atoms with Crippen molar-refractivity contribution in [2.75, 3.05) is 13.1 Å². The molecule has 2 bridgehead atoms. The second-order valence-corrected chi connectivity index (χ2v) is 11.8. The van der Waals surface area contributed by atoms with Gasteiger partial charge in [-0.2, -0.15) is 26.3 Å². The summed E-state index contributed by atoms with van der Waals surface area (Å²) in [6.45, 7) is 8.57. The molecule has 8 heteroatoms. The maximum atomic E-state index is 13.5. The highest BCUT2D eigenvalue weighted by Gasteiger charge is 2.49. The third-order valence-electron chi connectivity index (χ3n) is 7.86. The molecule has 1 aromatic heterocycles. The van der Waals surface area contributed by atoms with Crippen molar-refractivity contribution in [1.29, 1.82) is 0 Å². The van der Waals surface area contributed by atoms with Crippen molar-refractivity contribution in [2.45, 2.75) is 64.8 Å². The zero-order valence-corrected chi connectivity index (χ0v) is 20.6. The van der Waals surface area contributed by atoms with E-state index >= 15 is 0 Å². The largest absolute Gasteiger partial charge is 0.416 e. The number of para-hydroxylation sites is 1. The molecule has 2 heterocycles. The summed E-state index contributed by atoms with van der Waals surface area (Å²) in [5.74, 6) is 0. The van der Waals surface area contributed by atoms with Gasteiger partial charge in [-0.3, -0.25) is 4.90 Å². The van der Waals surface area contributed by atoms with Crippen LogP contribution in [0.3, 0.4) is 0 Å². The van der Waals surface area contributed by atoms with E-state index in [0.717, 1.165) is 48.9 Å². The Morgan fingerprint density at radius 3 is 2.19 bits per heavy atom. The van der Waals surface area contributed by atoms with Gasteiger partial charge in [-0.15, -0.1) is 0 Å². The second kappa shape index (κ2) is 8.27. The van der Waals surface area contributed by atoms with Crippen molar-refractivity contribution < 1.29 is 26.3 Å². The van der Waals surface area contributed by atoms with Gasteiger partial charge in [-0.05, 0) is 71.9 Å². The van der Waals surface area contributed by atoms with E-state index in [1.54, 1.807) is 12.1 Å². The molecule has 2 atom stereocenters. The molecule has 0 spiro atoms. The predicted molar refractivity (Wildman–Crippen MR) is 129 cm³/mol. The van der Waals surface area contributed by atoms with Crippen molar-refractivity contribution >= 4 is 10.9 Å². The van der Waals surface area contributed by atoms with Crippen molar-refractivity contribution in [1.82, 2.24) is 9.88 Å². The normalized spacial score (nSPS) is 24.5. The summed E-state index contributed by atoms with van der Waals surface area (Å²) < 4.78 is 81.3. The van der Waals surface area contributed by atoms with Gasteiger partial charge in [-0.25, -0.2) is 0 Å². The van der Waals surface area contributed by atoms with E-state index in [1.165, 1.54) is 0 Å². The average molecular weight is 509 g/mol. The number of nitrogens with one attached hydrogen (secondary N) is 1.